The smallest absolute Gasteiger partial charge is 0.274 e. The van der Waals surface area contributed by atoms with Crippen LogP contribution in [0.3, 0.4) is 0 Å². The normalized spacial score (nSPS) is 10.2. The summed E-state index contributed by atoms with van der Waals surface area (Å²) in [6.07, 6.45) is 0. The fourth-order valence-electron chi connectivity index (χ4n) is 2.34. The topological polar surface area (TPSA) is 84.3 Å². The van der Waals surface area contributed by atoms with E-state index < -0.39 is 4.92 Å². The molecule has 2 rings (SSSR count). The zero-order chi connectivity index (χ0) is 17.0. The van der Waals surface area contributed by atoms with Crippen LogP contribution < -0.4 is 10.6 Å². The van der Waals surface area contributed by atoms with Gasteiger partial charge in [-0.25, -0.2) is 0 Å². The van der Waals surface area contributed by atoms with Gasteiger partial charge >= 0.3 is 0 Å². The highest BCUT2D eigenvalue weighted by Gasteiger charge is 2.14. The first-order valence-corrected chi connectivity index (χ1v) is 7.23. The summed E-state index contributed by atoms with van der Waals surface area (Å²) in [5, 5.41) is 16.7. The number of carbonyl (C=O) groups is 1. The van der Waals surface area contributed by atoms with Crippen molar-refractivity contribution >= 4 is 23.0 Å². The molecule has 6 nitrogen and oxygen atoms in total. The monoisotopic (exact) mass is 313 g/mol. The third-order valence-corrected chi connectivity index (χ3v) is 3.60. The number of amides is 1. The summed E-state index contributed by atoms with van der Waals surface area (Å²) >= 11 is 0. The number of benzene rings is 2. The van der Waals surface area contributed by atoms with E-state index in [0.717, 1.165) is 16.8 Å². The van der Waals surface area contributed by atoms with Crippen molar-refractivity contribution in [1.29, 1.82) is 0 Å². The Labute approximate surface area is 134 Å². The molecule has 0 heterocycles. The largest absolute Gasteiger partial charge is 0.376 e. The molecule has 0 atom stereocenters. The van der Waals surface area contributed by atoms with Crippen molar-refractivity contribution in [2.45, 2.75) is 20.8 Å². The van der Waals surface area contributed by atoms with Gasteiger partial charge in [-0.3, -0.25) is 14.9 Å². The number of nitrogens with one attached hydrogen (secondary N) is 2. The highest BCUT2D eigenvalue weighted by atomic mass is 16.6. The molecule has 0 aromatic heterocycles. The van der Waals surface area contributed by atoms with Gasteiger partial charge in [0, 0.05) is 11.8 Å². The number of aryl methyl sites for hydroxylation is 2. The Morgan fingerprint density at radius 1 is 1.13 bits per heavy atom. The molecule has 0 unspecified atom stereocenters. The van der Waals surface area contributed by atoms with Crippen LogP contribution in [0.25, 0.3) is 0 Å². The predicted octanol–water partition coefficient (Wildman–Crippen LogP) is 3.57. The van der Waals surface area contributed by atoms with E-state index in [-0.39, 0.29) is 18.1 Å². The van der Waals surface area contributed by atoms with E-state index in [0.29, 0.717) is 11.3 Å². The van der Waals surface area contributed by atoms with Gasteiger partial charge in [0.2, 0.25) is 5.91 Å². The standard InChI is InChI=1S/C17H19N3O3/c1-11-7-8-14(12(2)9-11)18-10-17(21)19-15-5-4-6-16(13(15)3)20(22)23/h4-9,18H,10H2,1-3H3,(H,19,21). The van der Waals surface area contributed by atoms with E-state index in [1.54, 1.807) is 19.1 Å². The van der Waals surface area contributed by atoms with Crippen molar-refractivity contribution < 1.29 is 9.72 Å². The Morgan fingerprint density at radius 2 is 1.87 bits per heavy atom. The van der Waals surface area contributed by atoms with E-state index in [4.69, 9.17) is 0 Å². The zero-order valence-electron chi connectivity index (χ0n) is 13.3. The molecule has 0 aliphatic heterocycles. The van der Waals surface area contributed by atoms with Crippen molar-refractivity contribution in [2.24, 2.45) is 0 Å². The number of carbonyl (C=O) groups excluding carboxylic acids is 1. The average Bonchev–Trinajstić information content (AvgIpc) is 2.48. The molecule has 2 aromatic carbocycles. The fraction of sp³-hybridized carbons (Fsp3) is 0.235. The third-order valence-electron chi connectivity index (χ3n) is 3.60. The molecule has 23 heavy (non-hydrogen) atoms. The maximum Gasteiger partial charge on any atom is 0.274 e. The minimum absolute atomic E-state index is 0.00913. The molecular formula is C17H19N3O3. The molecule has 2 N–H and O–H groups in total. The number of anilines is 2. The minimum atomic E-state index is -0.459. The van der Waals surface area contributed by atoms with E-state index in [1.165, 1.54) is 6.07 Å². The van der Waals surface area contributed by atoms with Crippen molar-refractivity contribution in [1.82, 2.24) is 0 Å². The number of hydrogen-bond donors (Lipinski definition) is 2. The number of rotatable bonds is 5. The molecule has 0 spiro atoms. The summed E-state index contributed by atoms with van der Waals surface area (Å²) < 4.78 is 0. The summed E-state index contributed by atoms with van der Waals surface area (Å²) in [4.78, 5) is 22.5. The first kappa shape index (κ1) is 16.5. The number of nitrogens with zero attached hydrogens (tertiary/aromatic N) is 1. The van der Waals surface area contributed by atoms with Crippen LogP contribution in [-0.4, -0.2) is 17.4 Å². The van der Waals surface area contributed by atoms with Crippen molar-refractivity contribution in [3.05, 3.63) is 63.2 Å². The highest BCUT2D eigenvalue weighted by molar-refractivity contribution is 5.95. The second kappa shape index (κ2) is 6.91. The van der Waals surface area contributed by atoms with Crippen LogP contribution in [0.2, 0.25) is 0 Å². The number of hydrogen-bond acceptors (Lipinski definition) is 4. The van der Waals surface area contributed by atoms with Crippen molar-refractivity contribution in [3.8, 4) is 0 Å². The van der Waals surface area contributed by atoms with Gasteiger partial charge in [0.15, 0.2) is 0 Å². The van der Waals surface area contributed by atoms with Gasteiger partial charge in [0.1, 0.15) is 0 Å². The van der Waals surface area contributed by atoms with Crippen LogP contribution in [0.15, 0.2) is 36.4 Å². The van der Waals surface area contributed by atoms with Crippen molar-refractivity contribution in [3.63, 3.8) is 0 Å². The van der Waals surface area contributed by atoms with Gasteiger partial charge in [-0.2, -0.15) is 0 Å². The summed E-state index contributed by atoms with van der Waals surface area (Å²) in [6.45, 7) is 5.68. The highest BCUT2D eigenvalue weighted by Crippen LogP contribution is 2.25. The maximum atomic E-state index is 12.1. The summed E-state index contributed by atoms with van der Waals surface area (Å²) in [5.74, 6) is -0.256. The fourth-order valence-corrected chi connectivity index (χ4v) is 2.34. The molecule has 0 fully saturated rings. The molecule has 120 valence electrons. The molecule has 0 saturated heterocycles. The zero-order valence-corrected chi connectivity index (χ0v) is 13.3. The van der Waals surface area contributed by atoms with Crippen LogP contribution in [0.4, 0.5) is 17.1 Å². The Kier molecular flexibility index (Phi) is 4.95. The minimum Gasteiger partial charge on any atom is -0.376 e. The van der Waals surface area contributed by atoms with E-state index >= 15 is 0 Å². The van der Waals surface area contributed by atoms with Crippen molar-refractivity contribution in [2.75, 3.05) is 17.2 Å². The molecule has 0 radical (unpaired) electrons. The molecule has 2 aromatic rings. The molecule has 6 heteroatoms. The second-order valence-electron chi connectivity index (χ2n) is 5.43. The first-order valence-electron chi connectivity index (χ1n) is 7.23. The quantitative estimate of drug-likeness (QED) is 0.653. The Hall–Kier alpha value is -2.89. The lowest BCUT2D eigenvalue weighted by Gasteiger charge is -2.12. The van der Waals surface area contributed by atoms with Gasteiger partial charge in [0.25, 0.3) is 5.69 Å². The molecule has 1 amide bonds. The van der Waals surface area contributed by atoms with Gasteiger partial charge in [-0.15, -0.1) is 0 Å². The first-order chi connectivity index (χ1) is 10.9. The van der Waals surface area contributed by atoms with E-state index in [9.17, 15) is 14.9 Å². The molecule has 0 saturated carbocycles. The Morgan fingerprint density at radius 3 is 2.52 bits per heavy atom. The maximum absolute atomic E-state index is 12.1. The number of nitro benzene ring substituents is 1. The van der Waals surface area contributed by atoms with E-state index in [2.05, 4.69) is 10.6 Å². The van der Waals surface area contributed by atoms with Gasteiger partial charge in [-0.1, -0.05) is 23.8 Å². The van der Waals surface area contributed by atoms with Gasteiger partial charge in [-0.05, 0) is 38.5 Å². The molecule has 0 aliphatic rings. The van der Waals surface area contributed by atoms with E-state index in [1.807, 2.05) is 32.0 Å². The summed E-state index contributed by atoms with van der Waals surface area (Å²) in [5.41, 5.74) is 3.99. The van der Waals surface area contributed by atoms with Crippen LogP contribution >= 0.6 is 0 Å². The lowest BCUT2D eigenvalue weighted by Crippen LogP contribution is -2.22. The third kappa shape index (κ3) is 4.06. The van der Waals surface area contributed by atoms with Crippen LogP contribution in [0, 0.1) is 30.9 Å². The lowest BCUT2D eigenvalue weighted by molar-refractivity contribution is -0.385. The van der Waals surface area contributed by atoms with Gasteiger partial charge in [0.05, 0.1) is 22.7 Å². The second-order valence-corrected chi connectivity index (χ2v) is 5.43. The lowest BCUT2D eigenvalue weighted by atomic mass is 10.1. The number of nitro groups is 1. The van der Waals surface area contributed by atoms with Crippen LogP contribution in [0.5, 0.6) is 0 Å². The Bertz CT molecular complexity index is 757. The molecule has 0 aliphatic carbocycles. The summed E-state index contributed by atoms with van der Waals surface area (Å²) in [7, 11) is 0. The average molecular weight is 313 g/mol. The van der Waals surface area contributed by atoms with Crippen LogP contribution in [0.1, 0.15) is 16.7 Å². The van der Waals surface area contributed by atoms with Crippen LogP contribution in [-0.2, 0) is 4.79 Å². The van der Waals surface area contributed by atoms with Gasteiger partial charge < -0.3 is 10.6 Å². The molecule has 0 bridgehead atoms. The Balaban J connectivity index is 2.03. The SMILES string of the molecule is Cc1ccc(NCC(=O)Nc2cccc([N+](=O)[O-])c2C)c(C)c1. The molecular weight excluding hydrogens is 294 g/mol. The predicted molar refractivity (Wildman–Crippen MR) is 90.9 cm³/mol. The summed E-state index contributed by atoms with van der Waals surface area (Å²) in [6, 6.07) is 10.5.